The standard InChI is InChI=1S/C15H23N3O2/c1-12(14-8-3-4-9-15(14)18(19)20)16-11-13-7-5-6-10-17(13)2/h3-4,8-9,12-13,16H,5-7,10-11H2,1-2H3. The number of hydrogen-bond acceptors (Lipinski definition) is 4. The average Bonchev–Trinajstić information content (AvgIpc) is 2.46. The Labute approximate surface area is 120 Å². The maximum atomic E-state index is 11.1. The Kier molecular flexibility index (Phi) is 5.09. The van der Waals surface area contributed by atoms with E-state index >= 15 is 0 Å². The van der Waals surface area contributed by atoms with Gasteiger partial charge in [-0.1, -0.05) is 24.6 Å². The molecule has 1 fully saturated rings. The molecule has 110 valence electrons. The summed E-state index contributed by atoms with van der Waals surface area (Å²) in [5.41, 5.74) is 0.959. The molecule has 2 unspecified atom stereocenters. The number of likely N-dealkylation sites (tertiary alicyclic amines) is 1. The molecule has 5 heteroatoms. The molecule has 0 aliphatic carbocycles. The van der Waals surface area contributed by atoms with Crippen molar-refractivity contribution in [2.45, 2.75) is 38.3 Å². The third kappa shape index (κ3) is 3.55. The normalized spacial score (nSPS) is 21.6. The molecule has 1 aromatic rings. The summed E-state index contributed by atoms with van der Waals surface area (Å²) in [5.74, 6) is 0. The zero-order chi connectivity index (χ0) is 14.5. The molecule has 0 spiro atoms. The third-order valence-electron chi connectivity index (χ3n) is 4.18. The van der Waals surface area contributed by atoms with E-state index in [1.807, 2.05) is 19.1 Å². The second-order valence-corrected chi connectivity index (χ2v) is 5.58. The summed E-state index contributed by atoms with van der Waals surface area (Å²) in [6.45, 7) is 4.01. The van der Waals surface area contributed by atoms with E-state index in [0.717, 1.165) is 18.7 Å². The zero-order valence-corrected chi connectivity index (χ0v) is 12.2. The van der Waals surface area contributed by atoms with Crippen molar-refractivity contribution >= 4 is 5.69 Å². The van der Waals surface area contributed by atoms with Crippen LogP contribution in [0.25, 0.3) is 0 Å². The molecule has 0 amide bonds. The fourth-order valence-electron chi connectivity index (χ4n) is 2.84. The highest BCUT2D eigenvalue weighted by atomic mass is 16.6. The lowest BCUT2D eigenvalue weighted by molar-refractivity contribution is -0.385. The van der Waals surface area contributed by atoms with Crippen LogP contribution in [0.3, 0.4) is 0 Å². The molecular formula is C15H23N3O2. The third-order valence-corrected chi connectivity index (χ3v) is 4.18. The molecule has 5 nitrogen and oxygen atoms in total. The number of nitrogens with zero attached hydrogens (tertiary/aromatic N) is 2. The van der Waals surface area contributed by atoms with Crippen molar-refractivity contribution in [3.05, 3.63) is 39.9 Å². The summed E-state index contributed by atoms with van der Waals surface area (Å²) in [5, 5.41) is 14.5. The van der Waals surface area contributed by atoms with Crippen molar-refractivity contribution in [2.24, 2.45) is 0 Å². The number of benzene rings is 1. The van der Waals surface area contributed by atoms with Crippen LogP contribution in [-0.4, -0.2) is 36.0 Å². The Morgan fingerprint density at radius 3 is 2.90 bits per heavy atom. The van der Waals surface area contributed by atoms with Crippen LogP contribution in [0.2, 0.25) is 0 Å². The monoisotopic (exact) mass is 277 g/mol. The molecule has 0 radical (unpaired) electrons. The van der Waals surface area contributed by atoms with Gasteiger partial charge >= 0.3 is 0 Å². The fourth-order valence-corrected chi connectivity index (χ4v) is 2.84. The smallest absolute Gasteiger partial charge is 0.274 e. The molecule has 0 bridgehead atoms. The molecule has 1 saturated heterocycles. The quantitative estimate of drug-likeness (QED) is 0.664. The minimum atomic E-state index is -0.305. The van der Waals surface area contributed by atoms with E-state index in [2.05, 4.69) is 17.3 Å². The van der Waals surface area contributed by atoms with Crippen LogP contribution in [0.4, 0.5) is 5.69 Å². The number of para-hydroxylation sites is 1. The van der Waals surface area contributed by atoms with Crippen molar-refractivity contribution in [1.82, 2.24) is 10.2 Å². The summed E-state index contributed by atoms with van der Waals surface area (Å²) < 4.78 is 0. The van der Waals surface area contributed by atoms with E-state index in [1.54, 1.807) is 12.1 Å². The molecule has 1 N–H and O–H groups in total. The van der Waals surface area contributed by atoms with Gasteiger partial charge in [0.25, 0.3) is 5.69 Å². The van der Waals surface area contributed by atoms with Crippen LogP contribution in [0.1, 0.15) is 37.8 Å². The van der Waals surface area contributed by atoms with Crippen molar-refractivity contribution in [3.8, 4) is 0 Å². The van der Waals surface area contributed by atoms with Crippen LogP contribution < -0.4 is 5.32 Å². The minimum Gasteiger partial charge on any atom is -0.308 e. The van der Waals surface area contributed by atoms with Crippen LogP contribution >= 0.6 is 0 Å². The number of likely N-dealkylation sites (N-methyl/N-ethyl adjacent to an activating group) is 1. The van der Waals surface area contributed by atoms with Gasteiger partial charge in [0.15, 0.2) is 0 Å². The molecule has 1 aromatic carbocycles. The first-order chi connectivity index (χ1) is 9.59. The maximum absolute atomic E-state index is 11.1. The average molecular weight is 277 g/mol. The molecule has 1 aliphatic rings. The van der Waals surface area contributed by atoms with Gasteiger partial charge in [-0.05, 0) is 33.4 Å². The van der Waals surface area contributed by atoms with Gasteiger partial charge in [0.05, 0.1) is 4.92 Å². The van der Waals surface area contributed by atoms with Gasteiger partial charge in [-0.15, -0.1) is 0 Å². The summed E-state index contributed by atoms with van der Waals surface area (Å²) in [4.78, 5) is 13.1. The highest BCUT2D eigenvalue weighted by Gasteiger charge is 2.22. The van der Waals surface area contributed by atoms with Gasteiger partial charge in [0, 0.05) is 30.3 Å². The van der Waals surface area contributed by atoms with Crippen molar-refractivity contribution in [2.75, 3.05) is 20.1 Å². The number of piperidine rings is 1. The maximum Gasteiger partial charge on any atom is 0.274 e. The van der Waals surface area contributed by atoms with Gasteiger partial charge in [0.1, 0.15) is 0 Å². The molecule has 1 heterocycles. The Balaban J connectivity index is 1.98. The Bertz CT molecular complexity index is 464. The lowest BCUT2D eigenvalue weighted by atomic mass is 10.0. The lowest BCUT2D eigenvalue weighted by Crippen LogP contribution is -2.43. The molecular weight excluding hydrogens is 254 g/mol. The van der Waals surface area contributed by atoms with Crippen LogP contribution in [0.15, 0.2) is 24.3 Å². The number of nitro benzene ring substituents is 1. The summed E-state index contributed by atoms with van der Waals surface area (Å²) in [6, 6.07) is 7.50. The zero-order valence-electron chi connectivity index (χ0n) is 12.2. The highest BCUT2D eigenvalue weighted by molar-refractivity contribution is 5.41. The highest BCUT2D eigenvalue weighted by Crippen LogP contribution is 2.24. The SMILES string of the molecule is CC(NCC1CCCCN1C)c1ccccc1[N+](=O)[O-]. The fraction of sp³-hybridized carbons (Fsp3) is 0.600. The number of nitro groups is 1. The largest absolute Gasteiger partial charge is 0.308 e. The Morgan fingerprint density at radius 2 is 2.20 bits per heavy atom. The van der Waals surface area contributed by atoms with E-state index in [9.17, 15) is 10.1 Å². The van der Waals surface area contributed by atoms with Crippen LogP contribution in [-0.2, 0) is 0 Å². The van der Waals surface area contributed by atoms with E-state index in [0.29, 0.717) is 6.04 Å². The first-order valence-corrected chi connectivity index (χ1v) is 7.26. The predicted molar refractivity (Wildman–Crippen MR) is 79.8 cm³/mol. The number of rotatable bonds is 5. The second-order valence-electron chi connectivity index (χ2n) is 5.58. The van der Waals surface area contributed by atoms with E-state index in [-0.39, 0.29) is 16.7 Å². The number of nitrogens with one attached hydrogen (secondary N) is 1. The Hall–Kier alpha value is -1.46. The topological polar surface area (TPSA) is 58.4 Å². The van der Waals surface area contributed by atoms with Crippen LogP contribution in [0.5, 0.6) is 0 Å². The van der Waals surface area contributed by atoms with E-state index in [4.69, 9.17) is 0 Å². The van der Waals surface area contributed by atoms with Gasteiger partial charge in [-0.3, -0.25) is 10.1 Å². The van der Waals surface area contributed by atoms with Crippen molar-refractivity contribution in [3.63, 3.8) is 0 Å². The van der Waals surface area contributed by atoms with Crippen LogP contribution in [0, 0.1) is 10.1 Å². The second kappa shape index (κ2) is 6.81. The summed E-state index contributed by atoms with van der Waals surface area (Å²) in [6.07, 6.45) is 3.75. The van der Waals surface area contributed by atoms with Crippen molar-refractivity contribution in [1.29, 1.82) is 0 Å². The summed E-state index contributed by atoms with van der Waals surface area (Å²) >= 11 is 0. The first kappa shape index (κ1) is 14.9. The van der Waals surface area contributed by atoms with Gasteiger partial charge in [-0.2, -0.15) is 0 Å². The minimum absolute atomic E-state index is 0.00748. The molecule has 1 aliphatic heterocycles. The Morgan fingerprint density at radius 1 is 1.45 bits per heavy atom. The van der Waals surface area contributed by atoms with E-state index < -0.39 is 0 Å². The van der Waals surface area contributed by atoms with Gasteiger partial charge in [0.2, 0.25) is 0 Å². The van der Waals surface area contributed by atoms with Gasteiger partial charge < -0.3 is 10.2 Å². The lowest BCUT2D eigenvalue weighted by Gasteiger charge is -2.33. The number of hydrogen-bond donors (Lipinski definition) is 1. The van der Waals surface area contributed by atoms with E-state index in [1.165, 1.54) is 19.3 Å². The molecule has 2 atom stereocenters. The molecule has 2 rings (SSSR count). The van der Waals surface area contributed by atoms with Crippen molar-refractivity contribution < 1.29 is 4.92 Å². The first-order valence-electron chi connectivity index (χ1n) is 7.26. The molecule has 20 heavy (non-hydrogen) atoms. The predicted octanol–water partition coefficient (Wildman–Crippen LogP) is 2.73. The molecule has 0 saturated carbocycles. The summed E-state index contributed by atoms with van der Waals surface area (Å²) in [7, 11) is 2.15. The van der Waals surface area contributed by atoms with Gasteiger partial charge in [-0.25, -0.2) is 0 Å². The molecule has 0 aromatic heterocycles.